The van der Waals surface area contributed by atoms with Crippen molar-refractivity contribution in [1.29, 1.82) is 0 Å². The summed E-state index contributed by atoms with van der Waals surface area (Å²) < 4.78 is 12.9. The summed E-state index contributed by atoms with van der Waals surface area (Å²) in [5, 5.41) is 4.09. The molecule has 0 fully saturated rings. The first-order chi connectivity index (χ1) is 7.24. The maximum atomic E-state index is 5.57. The van der Waals surface area contributed by atoms with Gasteiger partial charge in [-0.3, -0.25) is 4.68 Å². The van der Waals surface area contributed by atoms with E-state index in [0.29, 0.717) is 25.6 Å². The van der Waals surface area contributed by atoms with Gasteiger partial charge in [0.05, 0.1) is 17.6 Å². The number of methoxy groups -OCH3 is 1. The fourth-order valence-electron chi connectivity index (χ4n) is 1.09. The largest absolute Gasteiger partial charge is 0.385 e. The van der Waals surface area contributed by atoms with Gasteiger partial charge < -0.3 is 15.2 Å². The lowest BCUT2D eigenvalue weighted by Crippen LogP contribution is -2.08. The Morgan fingerprint density at radius 1 is 1.47 bits per heavy atom. The molecule has 0 spiro atoms. The van der Waals surface area contributed by atoms with E-state index in [1.165, 1.54) is 0 Å². The second kappa shape index (κ2) is 6.81. The lowest BCUT2D eigenvalue weighted by atomic mass is 10.5. The molecule has 86 valence electrons. The number of hydrogen-bond donors (Lipinski definition) is 1. The number of hydrogen-bond acceptors (Lipinski definition) is 4. The van der Waals surface area contributed by atoms with Crippen LogP contribution in [0.4, 0.5) is 5.82 Å². The fourth-order valence-corrected chi connectivity index (χ4v) is 1.41. The van der Waals surface area contributed by atoms with Crippen molar-refractivity contribution in [3.63, 3.8) is 0 Å². The molecular formula is C9H16BrN3O2. The van der Waals surface area contributed by atoms with Crippen LogP contribution in [0.15, 0.2) is 10.7 Å². The number of aromatic nitrogens is 2. The van der Waals surface area contributed by atoms with E-state index in [1.807, 2.05) is 6.20 Å². The molecule has 0 saturated heterocycles. The second-order valence-electron chi connectivity index (χ2n) is 3.08. The maximum Gasteiger partial charge on any atom is 0.159 e. The van der Waals surface area contributed by atoms with E-state index in [4.69, 9.17) is 15.2 Å². The van der Waals surface area contributed by atoms with Crippen molar-refractivity contribution in [3.05, 3.63) is 10.7 Å². The summed E-state index contributed by atoms with van der Waals surface area (Å²) in [6.45, 7) is 2.80. The average molecular weight is 278 g/mol. The van der Waals surface area contributed by atoms with Gasteiger partial charge in [0.2, 0.25) is 0 Å². The van der Waals surface area contributed by atoms with Crippen LogP contribution in [0.3, 0.4) is 0 Å². The van der Waals surface area contributed by atoms with Crippen LogP contribution in [-0.2, 0) is 16.0 Å². The van der Waals surface area contributed by atoms with Gasteiger partial charge in [-0.2, -0.15) is 5.10 Å². The molecule has 0 radical (unpaired) electrons. The Balaban J connectivity index is 2.10. The SMILES string of the molecule is COCCCOCCn1cc(Br)c(N)n1. The molecule has 0 aliphatic rings. The van der Waals surface area contributed by atoms with E-state index in [-0.39, 0.29) is 0 Å². The molecule has 0 aliphatic heterocycles. The normalized spacial score (nSPS) is 10.8. The van der Waals surface area contributed by atoms with Crippen LogP contribution in [0, 0.1) is 0 Å². The third-order valence-corrected chi connectivity index (χ3v) is 2.46. The molecule has 0 unspecified atom stereocenters. The summed E-state index contributed by atoms with van der Waals surface area (Å²) >= 11 is 3.29. The molecule has 2 N–H and O–H groups in total. The van der Waals surface area contributed by atoms with Crippen LogP contribution in [0.1, 0.15) is 6.42 Å². The van der Waals surface area contributed by atoms with Crippen molar-refractivity contribution in [2.45, 2.75) is 13.0 Å². The molecule has 5 nitrogen and oxygen atoms in total. The smallest absolute Gasteiger partial charge is 0.159 e. The predicted octanol–water partition coefficient (Wildman–Crippen LogP) is 1.28. The zero-order chi connectivity index (χ0) is 11.1. The Morgan fingerprint density at radius 2 is 2.27 bits per heavy atom. The summed E-state index contributed by atoms with van der Waals surface area (Å²) in [5.41, 5.74) is 5.57. The monoisotopic (exact) mass is 277 g/mol. The average Bonchev–Trinajstić information content (AvgIpc) is 2.52. The van der Waals surface area contributed by atoms with Crippen LogP contribution in [0.5, 0.6) is 0 Å². The van der Waals surface area contributed by atoms with E-state index in [0.717, 1.165) is 17.5 Å². The maximum absolute atomic E-state index is 5.57. The number of nitrogen functional groups attached to an aromatic ring is 1. The minimum Gasteiger partial charge on any atom is -0.385 e. The highest BCUT2D eigenvalue weighted by molar-refractivity contribution is 9.10. The van der Waals surface area contributed by atoms with E-state index in [1.54, 1.807) is 11.8 Å². The van der Waals surface area contributed by atoms with Crippen LogP contribution in [0.2, 0.25) is 0 Å². The highest BCUT2D eigenvalue weighted by Crippen LogP contribution is 2.15. The third-order valence-electron chi connectivity index (χ3n) is 1.85. The number of nitrogens with zero attached hydrogens (tertiary/aromatic N) is 2. The van der Waals surface area contributed by atoms with E-state index in [2.05, 4.69) is 21.0 Å². The molecule has 6 heteroatoms. The van der Waals surface area contributed by atoms with Crippen LogP contribution >= 0.6 is 15.9 Å². The molecule has 1 rings (SSSR count). The van der Waals surface area contributed by atoms with Gasteiger partial charge in [-0.1, -0.05) is 0 Å². The molecule has 0 saturated carbocycles. The Hall–Kier alpha value is -0.590. The van der Waals surface area contributed by atoms with Gasteiger partial charge in [0, 0.05) is 26.5 Å². The Morgan fingerprint density at radius 3 is 2.87 bits per heavy atom. The number of ether oxygens (including phenoxy) is 2. The number of nitrogens with two attached hydrogens (primary N) is 1. The van der Waals surface area contributed by atoms with Gasteiger partial charge in [0.15, 0.2) is 5.82 Å². The van der Waals surface area contributed by atoms with E-state index < -0.39 is 0 Å². The number of anilines is 1. The van der Waals surface area contributed by atoms with Crippen LogP contribution in [0.25, 0.3) is 0 Å². The van der Waals surface area contributed by atoms with Gasteiger partial charge in [0.25, 0.3) is 0 Å². The Bertz CT molecular complexity index is 271. The second-order valence-corrected chi connectivity index (χ2v) is 3.94. The van der Waals surface area contributed by atoms with Gasteiger partial charge in [0.1, 0.15) is 0 Å². The van der Waals surface area contributed by atoms with Crippen molar-refractivity contribution >= 4 is 21.7 Å². The molecule has 1 aromatic rings. The van der Waals surface area contributed by atoms with Crippen LogP contribution < -0.4 is 5.73 Å². The highest BCUT2D eigenvalue weighted by atomic mass is 79.9. The quantitative estimate of drug-likeness (QED) is 0.763. The minimum atomic E-state index is 0.509. The van der Waals surface area contributed by atoms with Gasteiger partial charge >= 0.3 is 0 Å². The summed E-state index contributed by atoms with van der Waals surface area (Å²) in [7, 11) is 1.68. The number of halogens is 1. The summed E-state index contributed by atoms with van der Waals surface area (Å²) in [6, 6.07) is 0. The Kier molecular flexibility index (Phi) is 5.67. The minimum absolute atomic E-state index is 0.509. The van der Waals surface area contributed by atoms with E-state index >= 15 is 0 Å². The molecular weight excluding hydrogens is 262 g/mol. The van der Waals surface area contributed by atoms with Gasteiger partial charge in [-0.25, -0.2) is 0 Å². The van der Waals surface area contributed by atoms with Crippen molar-refractivity contribution in [3.8, 4) is 0 Å². The van der Waals surface area contributed by atoms with Crippen molar-refractivity contribution < 1.29 is 9.47 Å². The third kappa shape index (κ3) is 4.63. The lowest BCUT2D eigenvalue weighted by molar-refractivity contribution is 0.0961. The van der Waals surface area contributed by atoms with Crippen molar-refractivity contribution in [2.24, 2.45) is 0 Å². The fraction of sp³-hybridized carbons (Fsp3) is 0.667. The molecule has 0 bridgehead atoms. The summed E-state index contributed by atoms with van der Waals surface area (Å²) in [5.74, 6) is 0.509. The zero-order valence-corrected chi connectivity index (χ0v) is 10.4. The summed E-state index contributed by atoms with van der Waals surface area (Å²) in [6.07, 6.45) is 2.76. The standard InChI is InChI=1S/C9H16BrN3O2/c1-14-4-2-5-15-6-3-13-7-8(10)9(11)12-13/h7H,2-6H2,1H3,(H2,11,12). The van der Waals surface area contributed by atoms with Crippen molar-refractivity contribution in [1.82, 2.24) is 9.78 Å². The topological polar surface area (TPSA) is 62.3 Å². The highest BCUT2D eigenvalue weighted by Gasteiger charge is 2.01. The van der Waals surface area contributed by atoms with Gasteiger partial charge in [-0.05, 0) is 22.4 Å². The molecule has 0 amide bonds. The van der Waals surface area contributed by atoms with E-state index in [9.17, 15) is 0 Å². The predicted molar refractivity (Wildman–Crippen MR) is 61.7 cm³/mol. The van der Waals surface area contributed by atoms with Crippen molar-refractivity contribution in [2.75, 3.05) is 32.7 Å². The molecule has 1 aromatic heterocycles. The lowest BCUT2D eigenvalue weighted by Gasteiger charge is -2.03. The molecule has 0 aliphatic carbocycles. The summed E-state index contributed by atoms with van der Waals surface area (Å²) in [4.78, 5) is 0. The molecule has 0 atom stereocenters. The molecule has 15 heavy (non-hydrogen) atoms. The first kappa shape index (κ1) is 12.5. The first-order valence-corrected chi connectivity index (χ1v) is 5.58. The van der Waals surface area contributed by atoms with Crippen LogP contribution in [-0.4, -0.2) is 36.7 Å². The number of rotatable bonds is 7. The first-order valence-electron chi connectivity index (χ1n) is 4.79. The van der Waals surface area contributed by atoms with Gasteiger partial charge in [-0.15, -0.1) is 0 Å². The molecule has 1 heterocycles. The zero-order valence-electron chi connectivity index (χ0n) is 8.78. The molecule has 0 aromatic carbocycles. The Labute approximate surface area is 97.7 Å².